The van der Waals surface area contributed by atoms with Gasteiger partial charge in [-0.15, -0.1) is 10.2 Å². The average molecular weight is 496 g/mol. The summed E-state index contributed by atoms with van der Waals surface area (Å²) in [6, 6.07) is 15.5. The van der Waals surface area contributed by atoms with E-state index in [9.17, 15) is 9.18 Å². The van der Waals surface area contributed by atoms with Gasteiger partial charge >= 0.3 is 0 Å². The number of carbonyl (C=O) groups is 1. The molecule has 34 heavy (non-hydrogen) atoms. The van der Waals surface area contributed by atoms with Gasteiger partial charge in [0, 0.05) is 5.56 Å². The van der Waals surface area contributed by atoms with Crippen molar-refractivity contribution in [3.63, 3.8) is 0 Å². The quantitative estimate of drug-likeness (QED) is 0.300. The second-order valence-corrected chi connectivity index (χ2v) is 9.14. The normalized spacial score (nSPS) is 11.1. The largest absolute Gasteiger partial charge is 0.497 e. The summed E-state index contributed by atoms with van der Waals surface area (Å²) in [6.45, 7) is 0.411. The van der Waals surface area contributed by atoms with Gasteiger partial charge in [-0.2, -0.15) is 0 Å². The van der Waals surface area contributed by atoms with Crippen molar-refractivity contribution in [1.82, 2.24) is 19.7 Å². The number of amides is 1. The number of halogens is 1. The lowest BCUT2D eigenvalue weighted by Crippen LogP contribution is -2.14. The molecule has 1 amide bonds. The Balaban J connectivity index is 1.33. The molecular weight excluding hydrogens is 477 g/mol. The summed E-state index contributed by atoms with van der Waals surface area (Å²) >= 11 is 2.48. The Morgan fingerprint density at radius 2 is 2.06 bits per heavy atom. The van der Waals surface area contributed by atoms with Gasteiger partial charge < -0.3 is 14.5 Å². The number of benzene rings is 2. The highest BCUT2D eigenvalue weighted by atomic mass is 32.2. The molecule has 5 rings (SSSR count). The van der Waals surface area contributed by atoms with Crippen LogP contribution in [0.5, 0.6) is 5.75 Å². The van der Waals surface area contributed by atoms with Crippen LogP contribution in [-0.4, -0.2) is 38.5 Å². The third kappa shape index (κ3) is 4.80. The molecule has 5 aromatic rings. The topological polar surface area (TPSA) is 95.1 Å². The fourth-order valence-electron chi connectivity index (χ4n) is 3.29. The van der Waals surface area contributed by atoms with E-state index in [4.69, 9.17) is 9.15 Å². The number of thiazole rings is 1. The molecule has 0 saturated heterocycles. The number of hydrogen-bond acceptors (Lipinski definition) is 8. The highest BCUT2D eigenvalue weighted by molar-refractivity contribution is 7.99. The Bertz CT molecular complexity index is 1430. The fraction of sp³-hybridized carbons (Fsp3) is 0.130. The van der Waals surface area contributed by atoms with Crippen molar-refractivity contribution >= 4 is 44.4 Å². The van der Waals surface area contributed by atoms with Gasteiger partial charge in [0.25, 0.3) is 0 Å². The zero-order chi connectivity index (χ0) is 23.5. The second-order valence-electron chi connectivity index (χ2n) is 7.17. The van der Waals surface area contributed by atoms with E-state index >= 15 is 0 Å². The number of furan rings is 1. The molecule has 3 aromatic heterocycles. The summed E-state index contributed by atoms with van der Waals surface area (Å²) in [6.07, 6.45) is 1.61. The number of ether oxygens (including phenoxy) is 1. The van der Waals surface area contributed by atoms with Crippen molar-refractivity contribution in [2.45, 2.75) is 11.7 Å². The Kier molecular flexibility index (Phi) is 6.28. The van der Waals surface area contributed by atoms with Gasteiger partial charge in [-0.05, 0) is 54.6 Å². The summed E-state index contributed by atoms with van der Waals surface area (Å²) < 4.78 is 26.7. The minimum atomic E-state index is -0.340. The molecule has 11 heteroatoms. The number of rotatable bonds is 8. The average Bonchev–Trinajstić information content (AvgIpc) is 3.58. The lowest BCUT2D eigenvalue weighted by atomic mass is 10.2. The molecular formula is C23H18FN5O3S2. The summed E-state index contributed by atoms with van der Waals surface area (Å²) in [5, 5.41) is 12.4. The molecule has 0 aliphatic rings. The molecule has 3 heterocycles. The number of hydrogen-bond donors (Lipinski definition) is 1. The molecule has 1 N–H and O–H groups in total. The molecule has 0 spiro atoms. The van der Waals surface area contributed by atoms with Gasteiger partial charge in [-0.3, -0.25) is 9.36 Å². The molecule has 0 bridgehead atoms. The first kappa shape index (κ1) is 22.1. The highest BCUT2D eigenvalue weighted by Gasteiger charge is 2.18. The summed E-state index contributed by atoms with van der Waals surface area (Å²) in [5.41, 5.74) is 1.49. The van der Waals surface area contributed by atoms with Crippen LogP contribution in [0.15, 0.2) is 70.4 Å². The van der Waals surface area contributed by atoms with E-state index in [1.807, 2.05) is 41.0 Å². The first-order valence-corrected chi connectivity index (χ1v) is 12.0. The van der Waals surface area contributed by atoms with Gasteiger partial charge in [0.15, 0.2) is 16.1 Å². The zero-order valence-electron chi connectivity index (χ0n) is 17.9. The van der Waals surface area contributed by atoms with Crippen LogP contribution >= 0.6 is 23.1 Å². The van der Waals surface area contributed by atoms with Gasteiger partial charge in [-0.25, -0.2) is 9.37 Å². The van der Waals surface area contributed by atoms with Crippen LogP contribution < -0.4 is 10.1 Å². The van der Waals surface area contributed by atoms with Crippen molar-refractivity contribution in [1.29, 1.82) is 0 Å². The molecule has 0 aliphatic carbocycles. The number of nitrogens with one attached hydrogen (secondary N) is 1. The van der Waals surface area contributed by atoms with Crippen molar-refractivity contribution < 1.29 is 18.3 Å². The predicted octanol–water partition coefficient (Wildman–Crippen LogP) is 5.07. The van der Waals surface area contributed by atoms with Crippen LogP contribution in [0, 0.1) is 5.82 Å². The molecule has 0 unspecified atom stereocenters. The number of thioether (sulfide) groups is 1. The molecule has 0 atom stereocenters. The molecule has 0 radical (unpaired) electrons. The lowest BCUT2D eigenvalue weighted by Gasteiger charge is -2.09. The first-order chi connectivity index (χ1) is 16.6. The van der Waals surface area contributed by atoms with Crippen LogP contribution in [0.1, 0.15) is 5.76 Å². The van der Waals surface area contributed by atoms with Crippen molar-refractivity contribution in [2.24, 2.45) is 0 Å². The predicted molar refractivity (Wildman–Crippen MR) is 129 cm³/mol. The standard InChI is InChI=1S/C23H18FN5O3S2/c1-31-16-7-4-14(5-8-16)21-27-28-23(29(21)12-17-3-2-10-32-17)33-13-20(30)26-22-25-18-9-6-15(24)11-19(18)34-22/h2-11H,12-13H2,1H3,(H,25,26,30). The summed E-state index contributed by atoms with van der Waals surface area (Å²) in [7, 11) is 1.61. The minimum Gasteiger partial charge on any atom is -0.497 e. The molecule has 0 saturated carbocycles. The highest BCUT2D eigenvalue weighted by Crippen LogP contribution is 2.29. The number of fused-ring (bicyclic) bond motifs is 1. The maximum atomic E-state index is 13.4. The van der Waals surface area contributed by atoms with E-state index in [1.165, 1.54) is 35.2 Å². The molecule has 172 valence electrons. The number of methoxy groups -OCH3 is 1. The maximum absolute atomic E-state index is 13.4. The van der Waals surface area contributed by atoms with Crippen LogP contribution in [-0.2, 0) is 11.3 Å². The van der Waals surface area contributed by atoms with E-state index in [-0.39, 0.29) is 17.5 Å². The van der Waals surface area contributed by atoms with Crippen molar-refractivity contribution in [3.8, 4) is 17.1 Å². The van der Waals surface area contributed by atoms with Gasteiger partial charge in [0.1, 0.15) is 17.3 Å². The van der Waals surface area contributed by atoms with Crippen LogP contribution in [0.25, 0.3) is 21.6 Å². The van der Waals surface area contributed by atoms with Gasteiger partial charge in [0.05, 0.1) is 35.9 Å². The van der Waals surface area contributed by atoms with Crippen molar-refractivity contribution in [3.05, 3.63) is 72.4 Å². The van der Waals surface area contributed by atoms with Crippen LogP contribution in [0.2, 0.25) is 0 Å². The number of nitrogens with zero attached hydrogens (tertiary/aromatic N) is 4. The number of carbonyl (C=O) groups excluding carboxylic acids is 1. The van der Waals surface area contributed by atoms with E-state index in [2.05, 4.69) is 20.5 Å². The van der Waals surface area contributed by atoms with E-state index in [0.717, 1.165) is 17.1 Å². The van der Waals surface area contributed by atoms with Crippen LogP contribution in [0.3, 0.4) is 0 Å². The molecule has 0 aliphatic heterocycles. The molecule has 8 nitrogen and oxygen atoms in total. The summed E-state index contributed by atoms with van der Waals surface area (Å²) in [5.74, 6) is 1.64. The summed E-state index contributed by atoms with van der Waals surface area (Å²) in [4.78, 5) is 16.9. The second kappa shape index (κ2) is 9.65. The van der Waals surface area contributed by atoms with E-state index in [1.54, 1.807) is 19.4 Å². The Morgan fingerprint density at radius 1 is 1.21 bits per heavy atom. The Morgan fingerprint density at radius 3 is 2.82 bits per heavy atom. The maximum Gasteiger partial charge on any atom is 0.236 e. The molecule has 2 aromatic carbocycles. The zero-order valence-corrected chi connectivity index (χ0v) is 19.5. The number of aromatic nitrogens is 4. The monoisotopic (exact) mass is 495 g/mol. The third-order valence-corrected chi connectivity index (χ3v) is 6.79. The van der Waals surface area contributed by atoms with Crippen LogP contribution in [0.4, 0.5) is 9.52 Å². The number of anilines is 1. The lowest BCUT2D eigenvalue weighted by molar-refractivity contribution is -0.113. The SMILES string of the molecule is COc1ccc(-c2nnc(SCC(=O)Nc3nc4ccc(F)cc4s3)n2Cc2ccco2)cc1. The van der Waals surface area contributed by atoms with Crippen molar-refractivity contribution in [2.75, 3.05) is 18.2 Å². The first-order valence-electron chi connectivity index (χ1n) is 10.2. The van der Waals surface area contributed by atoms with E-state index in [0.29, 0.717) is 32.9 Å². The third-order valence-electron chi connectivity index (χ3n) is 4.89. The van der Waals surface area contributed by atoms with Gasteiger partial charge in [-0.1, -0.05) is 23.1 Å². The van der Waals surface area contributed by atoms with Gasteiger partial charge in [0.2, 0.25) is 5.91 Å². The van der Waals surface area contributed by atoms with E-state index < -0.39 is 0 Å². The minimum absolute atomic E-state index is 0.100. The Hall–Kier alpha value is -3.70. The smallest absolute Gasteiger partial charge is 0.236 e. The fourth-order valence-corrected chi connectivity index (χ4v) is 4.93. The Labute approximate surface area is 201 Å². The molecule has 0 fully saturated rings.